The van der Waals surface area contributed by atoms with Crippen LogP contribution in [0.15, 0.2) is 22.2 Å². The van der Waals surface area contributed by atoms with Crippen LogP contribution in [0.1, 0.15) is 13.3 Å². The Kier molecular flexibility index (Phi) is 2.55. The van der Waals surface area contributed by atoms with E-state index in [4.69, 9.17) is 0 Å². The average molecular weight is 289 g/mol. The van der Waals surface area contributed by atoms with Gasteiger partial charge in [0.25, 0.3) is 0 Å². The van der Waals surface area contributed by atoms with Gasteiger partial charge in [0.05, 0.1) is 0 Å². The number of hydrogen-bond acceptors (Lipinski definition) is 0. The van der Waals surface area contributed by atoms with Crippen molar-refractivity contribution < 1.29 is 18.6 Å². The van der Waals surface area contributed by atoms with Crippen LogP contribution in [0.25, 0.3) is 0 Å². The van der Waals surface area contributed by atoms with E-state index in [2.05, 4.69) is 25.2 Å². The quantitative estimate of drug-likeness (QED) is 0.732. The molecule has 1 heteroatoms. The van der Waals surface area contributed by atoms with Crippen LogP contribution < -0.4 is 0 Å². The predicted molar refractivity (Wildman–Crippen MR) is 32.3 cm³/mol. The molecule has 0 fully saturated rings. The van der Waals surface area contributed by atoms with Crippen LogP contribution in [0.3, 0.4) is 0 Å². The summed E-state index contributed by atoms with van der Waals surface area (Å²) in [5.74, 6) is 0. The van der Waals surface area contributed by atoms with E-state index in [1.54, 1.807) is 3.96 Å². The zero-order chi connectivity index (χ0) is 5.82. The monoisotopic (exact) mass is 289 g/mol. The van der Waals surface area contributed by atoms with Gasteiger partial charge >= 0.3 is 58.9 Å². The van der Waals surface area contributed by atoms with Crippen LogP contribution in [-0.2, 0) is 18.6 Å². The number of rotatable bonds is 2. The van der Waals surface area contributed by atoms with Gasteiger partial charge in [-0.05, 0) is 0 Å². The van der Waals surface area contributed by atoms with Gasteiger partial charge in [-0.1, -0.05) is 0 Å². The Morgan fingerprint density at radius 3 is 3.12 bits per heavy atom. The van der Waals surface area contributed by atoms with Gasteiger partial charge in [0.15, 0.2) is 0 Å². The van der Waals surface area contributed by atoms with Crippen molar-refractivity contribution in [3.63, 3.8) is 0 Å². The molecular formula is C7H10Pt. The first-order chi connectivity index (χ1) is 3.93. The first-order valence-corrected chi connectivity index (χ1v) is 5.55. The van der Waals surface area contributed by atoms with Gasteiger partial charge in [-0.3, -0.25) is 0 Å². The van der Waals surface area contributed by atoms with Crippen molar-refractivity contribution in [1.29, 1.82) is 0 Å². The molecule has 0 N–H and O–H groups in total. The molecule has 0 aromatic carbocycles. The van der Waals surface area contributed by atoms with E-state index >= 15 is 0 Å². The van der Waals surface area contributed by atoms with Gasteiger partial charge in [-0.25, -0.2) is 0 Å². The van der Waals surface area contributed by atoms with Crippen LogP contribution in [0.4, 0.5) is 0 Å². The van der Waals surface area contributed by atoms with Gasteiger partial charge in [0, 0.05) is 0 Å². The maximum atomic E-state index is 2.28. The summed E-state index contributed by atoms with van der Waals surface area (Å²) in [5, 5.41) is 0. The molecule has 1 aliphatic carbocycles. The molecule has 0 spiro atoms. The predicted octanol–water partition coefficient (Wildman–Crippen LogP) is 2.35. The normalized spacial score (nSPS) is 17.4. The molecule has 0 radical (unpaired) electrons. The van der Waals surface area contributed by atoms with Crippen LogP contribution in [-0.4, -0.2) is 0 Å². The van der Waals surface area contributed by atoms with Crippen molar-refractivity contribution in [3.05, 3.63) is 22.2 Å². The number of allylic oxidation sites excluding steroid dienone is 4. The summed E-state index contributed by atoms with van der Waals surface area (Å²) in [7, 11) is 0. The molecule has 0 aliphatic heterocycles. The Labute approximate surface area is 59.2 Å². The first kappa shape index (κ1) is 6.29. The third kappa shape index (κ3) is 1.59. The Morgan fingerprint density at radius 2 is 2.62 bits per heavy atom. The van der Waals surface area contributed by atoms with Gasteiger partial charge in [-0.2, -0.15) is 0 Å². The molecule has 0 aromatic heterocycles. The molecule has 0 amide bonds. The van der Waals surface area contributed by atoms with Crippen molar-refractivity contribution >= 4 is 0 Å². The molecule has 1 rings (SSSR count). The first-order valence-electron chi connectivity index (χ1n) is 2.81. The van der Waals surface area contributed by atoms with Gasteiger partial charge in [-0.15, -0.1) is 0 Å². The van der Waals surface area contributed by atoms with Gasteiger partial charge in [0.1, 0.15) is 0 Å². The fourth-order valence-electron chi connectivity index (χ4n) is 0.634. The fourth-order valence-corrected chi connectivity index (χ4v) is 2.75. The van der Waals surface area contributed by atoms with Crippen LogP contribution >= 0.6 is 0 Å². The summed E-state index contributed by atoms with van der Waals surface area (Å²) in [6.07, 6.45) is 7.94. The van der Waals surface area contributed by atoms with E-state index in [0.717, 1.165) is 0 Å². The van der Waals surface area contributed by atoms with E-state index in [1.807, 2.05) is 0 Å². The summed E-state index contributed by atoms with van der Waals surface area (Å²) < 4.78 is 1.70. The molecule has 8 heavy (non-hydrogen) atoms. The van der Waals surface area contributed by atoms with Crippen molar-refractivity contribution in [2.45, 2.75) is 18.2 Å². The molecule has 0 bridgehead atoms. The average Bonchev–Trinajstić information content (AvgIpc) is 2.19. The molecule has 0 unspecified atom stereocenters. The Hall–Kier alpha value is 0.168. The molecule has 0 saturated heterocycles. The van der Waals surface area contributed by atoms with Crippen molar-refractivity contribution in [1.82, 2.24) is 0 Å². The minimum absolute atomic E-state index is 0.414. The summed E-state index contributed by atoms with van der Waals surface area (Å²) in [6, 6.07) is 0. The fraction of sp³-hybridized carbons (Fsp3) is 0.429. The van der Waals surface area contributed by atoms with Crippen LogP contribution in [0, 0.1) is 0 Å². The van der Waals surface area contributed by atoms with Crippen molar-refractivity contribution in [2.24, 2.45) is 0 Å². The van der Waals surface area contributed by atoms with E-state index in [0.29, 0.717) is 18.6 Å². The van der Waals surface area contributed by atoms with Gasteiger partial charge in [0.2, 0.25) is 0 Å². The second-order valence-corrected chi connectivity index (χ2v) is 5.41. The minimum atomic E-state index is 0.414. The van der Waals surface area contributed by atoms with Crippen molar-refractivity contribution in [2.75, 3.05) is 0 Å². The summed E-state index contributed by atoms with van der Waals surface area (Å²) in [4.78, 5) is 1.40. The molecule has 0 saturated carbocycles. The topological polar surface area (TPSA) is 0 Å². The van der Waals surface area contributed by atoms with Crippen LogP contribution in [0.2, 0.25) is 4.81 Å². The van der Waals surface area contributed by atoms with E-state index < -0.39 is 0 Å². The molecule has 0 heterocycles. The van der Waals surface area contributed by atoms with Crippen molar-refractivity contribution in [3.8, 4) is 0 Å². The second kappa shape index (κ2) is 3.24. The summed E-state index contributed by atoms with van der Waals surface area (Å²) in [6.45, 7) is 2.27. The standard InChI is InChI=1S/C5H5.C2H5.Pt/c1-2-4-5-3-1;1-2;/h1-3H,4H2;1H2,2H3;. The van der Waals surface area contributed by atoms with E-state index in [-0.39, 0.29) is 0 Å². The Morgan fingerprint density at radius 1 is 1.75 bits per heavy atom. The van der Waals surface area contributed by atoms with E-state index in [9.17, 15) is 0 Å². The molecule has 48 valence electrons. The summed E-state index contributed by atoms with van der Waals surface area (Å²) >= 11 is 0.414. The zero-order valence-electron chi connectivity index (χ0n) is 4.96. The molecule has 0 aromatic rings. The third-order valence-corrected chi connectivity index (χ3v) is 3.64. The SMILES string of the molecule is C[CH2][Pt][C]1=CC=CC1. The van der Waals surface area contributed by atoms with E-state index in [1.165, 1.54) is 11.2 Å². The molecular weight excluding hydrogens is 279 g/mol. The second-order valence-electron chi connectivity index (χ2n) is 1.54. The Bertz CT molecular complexity index is 122. The Balaban J connectivity index is 2.28. The van der Waals surface area contributed by atoms with Gasteiger partial charge < -0.3 is 0 Å². The maximum absolute atomic E-state index is 2.28. The third-order valence-electron chi connectivity index (χ3n) is 0.959. The van der Waals surface area contributed by atoms with Crippen LogP contribution in [0.5, 0.6) is 0 Å². The molecule has 0 atom stereocenters. The molecule has 0 nitrogen and oxygen atoms in total. The molecule has 1 aliphatic rings. The summed E-state index contributed by atoms with van der Waals surface area (Å²) in [5.41, 5.74) is 0. The zero-order valence-corrected chi connectivity index (χ0v) is 7.23. The number of hydrogen-bond donors (Lipinski definition) is 0.